The number of rotatable bonds is 4. The van der Waals surface area contributed by atoms with Crippen LogP contribution in [0.5, 0.6) is 0 Å². The molecule has 1 aromatic carbocycles. The van der Waals surface area contributed by atoms with Crippen molar-refractivity contribution in [3.8, 4) is 0 Å². The summed E-state index contributed by atoms with van der Waals surface area (Å²) in [6, 6.07) is 7.46. The van der Waals surface area contributed by atoms with Gasteiger partial charge in [0.15, 0.2) is 0 Å². The first-order chi connectivity index (χ1) is 12.3. The van der Waals surface area contributed by atoms with E-state index in [9.17, 15) is 9.59 Å². The summed E-state index contributed by atoms with van der Waals surface area (Å²) in [4.78, 5) is 30.2. The fourth-order valence-electron chi connectivity index (χ4n) is 3.13. The van der Waals surface area contributed by atoms with E-state index in [0.29, 0.717) is 29.5 Å². The topological polar surface area (TPSA) is 74.3 Å². The van der Waals surface area contributed by atoms with Crippen molar-refractivity contribution >= 4 is 34.8 Å². The minimum Gasteiger partial charge on any atom is -0.326 e. The lowest BCUT2D eigenvalue weighted by molar-refractivity contribution is -0.117. The molecule has 7 heteroatoms. The molecule has 1 aliphatic rings. The van der Waals surface area contributed by atoms with Crippen LogP contribution in [-0.4, -0.2) is 42.3 Å². The van der Waals surface area contributed by atoms with Gasteiger partial charge in [-0.15, -0.1) is 0 Å². The van der Waals surface area contributed by atoms with Gasteiger partial charge in [0.1, 0.15) is 5.15 Å². The Balaban J connectivity index is 1.95. The summed E-state index contributed by atoms with van der Waals surface area (Å²) in [5.41, 5.74) is 4.31. The van der Waals surface area contributed by atoms with E-state index < -0.39 is 0 Å². The number of nitrogens with zero attached hydrogens (tertiary/aromatic N) is 2. The molecule has 0 radical (unpaired) electrons. The van der Waals surface area contributed by atoms with Gasteiger partial charge in [0.25, 0.3) is 0 Å². The molecule has 6 nitrogen and oxygen atoms in total. The van der Waals surface area contributed by atoms with Gasteiger partial charge in [-0.1, -0.05) is 23.7 Å². The first-order valence-corrected chi connectivity index (χ1v) is 8.71. The lowest BCUT2D eigenvalue weighted by atomic mass is 9.84. The second-order valence-electron chi connectivity index (χ2n) is 6.76. The van der Waals surface area contributed by atoms with Gasteiger partial charge in [-0.05, 0) is 49.8 Å². The highest BCUT2D eigenvalue weighted by Crippen LogP contribution is 2.39. The van der Waals surface area contributed by atoms with E-state index in [1.807, 2.05) is 39.2 Å². The summed E-state index contributed by atoms with van der Waals surface area (Å²) in [5, 5.41) is 6.23. The fraction of sp³-hybridized carbons (Fsp3) is 0.316. The Labute approximate surface area is 157 Å². The summed E-state index contributed by atoms with van der Waals surface area (Å²) in [6.45, 7) is 2.24. The molecule has 3 rings (SSSR count). The third kappa shape index (κ3) is 4.03. The highest BCUT2D eigenvalue weighted by molar-refractivity contribution is 6.29. The second-order valence-corrected chi connectivity index (χ2v) is 7.15. The average Bonchev–Trinajstić information content (AvgIpc) is 2.55. The van der Waals surface area contributed by atoms with Gasteiger partial charge in [0, 0.05) is 29.9 Å². The molecule has 0 spiro atoms. The van der Waals surface area contributed by atoms with Gasteiger partial charge in [0.2, 0.25) is 11.8 Å². The molecule has 2 N–H and O–H groups in total. The van der Waals surface area contributed by atoms with E-state index in [4.69, 9.17) is 11.6 Å². The third-order valence-electron chi connectivity index (χ3n) is 4.32. The lowest BCUT2D eigenvalue weighted by Gasteiger charge is -2.27. The van der Waals surface area contributed by atoms with E-state index in [1.54, 1.807) is 17.2 Å². The molecule has 1 aliphatic heterocycles. The lowest BCUT2D eigenvalue weighted by Crippen LogP contribution is -2.28. The molecule has 0 unspecified atom stereocenters. The number of carbonyl (C=O) groups excluding carboxylic acids is 2. The summed E-state index contributed by atoms with van der Waals surface area (Å²) < 4.78 is 0. The molecule has 2 amide bonds. The SMILES string of the molecule is Cc1cc2c(cc1NC(=O)CN(C)C)NC(=O)C[C@@H]2c1ccc(Cl)nc1. The third-order valence-corrected chi connectivity index (χ3v) is 4.55. The van der Waals surface area contributed by atoms with Crippen LogP contribution in [0.4, 0.5) is 11.4 Å². The van der Waals surface area contributed by atoms with Crippen LogP contribution < -0.4 is 10.6 Å². The number of aromatic nitrogens is 1. The van der Waals surface area contributed by atoms with Crippen LogP contribution in [0.2, 0.25) is 5.15 Å². The van der Waals surface area contributed by atoms with Crippen LogP contribution in [0.3, 0.4) is 0 Å². The molecule has 1 aromatic heterocycles. The van der Waals surface area contributed by atoms with Crippen molar-refractivity contribution in [1.29, 1.82) is 0 Å². The molecule has 0 fully saturated rings. The molecule has 0 bridgehead atoms. The zero-order valence-corrected chi connectivity index (χ0v) is 15.7. The quantitative estimate of drug-likeness (QED) is 0.809. The van der Waals surface area contributed by atoms with Crippen LogP contribution in [-0.2, 0) is 9.59 Å². The number of benzene rings is 1. The first kappa shape index (κ1) is 18.4. The number of pyridine rings is 1. The standard InChI is InChI=1S/C19H21ClN4O2/c1-11-6-14-13(12-4-5-17(20)21-9-12)7-18(25)23-16(14)8-15(11)22-19(26)10-24(2)3/h4-6,8-9,13H,7,10H2,1-3H3,(H,22,26)(H,23,25)/t13-/m1/s1. The Bertz CT molecular complexity index is 849. The number of likely N-dealkylation sites (N-methyl/N-ethyl adjacent to an activating group) is 1. The number of amides is 2. The summed E-state index contributed by atoms with van der Waals surface area (Å²) in [6.07, 6.45) is 2.06. The van der Waals surface area contributed by atoms with Crippen LogP contribution >= 0.6 is 11.6 Å². The Morgan fingerprint density at radius 1 is 1.38 bits per heavy atom. The monoisotopic (exact) mass is 372 g/mol. The van der Waals surface area contributed by atoms with Crippen molar-refractivity contribution in [2.45, 2.75) is 19.3 Å². The molecule has 136 valence electrons. The Hall–Kier alpha value is -2.44. The number of nitrogens with one attached hydrogen (secondary N) is 2. The van der Waals surface area contributed by atoms with Gasteiger partial charge < -0.3 is 15.5 Å². The Kier molecular flexibility index (Phi) is 5.25. The molecular formula is C19H21ClN4O2. The Morgan fingerprint density at radius 3 is 2.81 bits per heavy atom. The number of fused-ring (bicyclic) bond motifs is 1. The van der Waals surface area contributed by atoms with Crippen LogP contribution in [0.25, 0.3) is 0 Å². The van der Waals surface area contributed by atoms with Crippen LogP contribution in [0, 0.1) is 6.92 Å². The van der Waals surface area contributed by atoms with Crippen molar-refractivity contribution in [2.75, 3.05) is 31.3 Å². The van der Waals surface area contributed by atoms with Crippen LogP contribution in [0.15, 0.2) is 30.5 Å². The predicted molar refractivity (Wildman–Crippen MR) is 103 cm³/mol. The van der Waals surface area contributed by atoms with E-state index in [2.05, 4.69) is 15.6 Å². The summed E-state index contributed by atoms with van der Waals surface area (Å²) >= 11 is 5.88. The molecule has 0 saturated carbocycles. The molecule has 2 aromatic rings. The van der Waals surface area contributed by atoms with E-state index in [-0.39, 0.29) is 17.7 Å². The number of aryl methyl sites for hydroxylation is 1. The van der Waals surface area contributed by atoms with Crippen molar-refractivity contribution in [2.24, 2.45) is 0 Å². The smallest absolute Gasteiger partial charge is 0.238 e. The highest BCUT2D eigenvalue weighted by atomic mass is 35.5. The maximum atomic E-state index is 12.2. The Morgan fingerprint density at radius 2 is 2.15 bits per heavy atom. The molecule has 26 heavy (non-hydrogen) atoms. The largest absolute Gasteiger partial charge is 0.326 e. The number of hydrogen-bond acceptors (Lipinski definition) is 4. The normalized spacial score (nSPS) is 16.2. The van der Waals surface area contributed by atoms with Crippen molar-refractivity contribution in [3.63, 3.8) is 0 Å². The zero-order chi connectivity index (χ0) is 18.8. The van der Waals surface area contributed by atoms with Crippen molar-refractivity contribution in [1.82, 2.24) is 9.88 Å². The number of carbonyl (C=O) groups is 2. The van der Waals surface area contributed by atoms with Crippen LogP contribution in [0.1, 0.15) is 29.0 Å². The van der Waals surface area contributed by atoms with Gasteiger partial charge >= 0.3 is 0 Å². The van der Waals surface area contributed by atoms with E-state index in [0.717, 1.165) is 16.7 Å². The maximum Gasteiger partial charge on any atom is 0.238 e. The minimum absolute atomic E-state index is 0.0631. The van der Waals surface area contributed by atoms with Gasteiger partial charge in [-0.3, -0.25) is 9.59 Å². The first-order valence-electron chi connectivity index (χ1n) is 8.34. The second kappa shape index (κ2) is 7.43. The molecule has 1 atom stereocenters. The highest BCUT2D eigenvalue weighted by Gasteiger charge is 2.28. The summed E-state index contributed by atoms with van der Waals surface area (Å²) in [5.74, 6) is -0.251. The molecule has 2 heterocycles. The molecular weight excluding hydrogens is 352 g/mol. The number of anilines is 2. The average molecular weight is 373 g/mol. The minimum atomic E-state index is -0.0985. The number of hydrogen-bond donors (Lipinski definition) is 2. The van der Waals surface area contributed by atoms with E-state index >= 15 is 0 Å². The zero-order valence-electron chi connectivity index (χ0n) is 15.0. The van der Waals surface area contributed by atoms with E-state index in [1.165, 1.54) is 0 Å². The summed E-state index contributed by atoms with van der Waals surface area (Å²) in [7, 11) is 3.68. The van der Waals surface area contributed by atoms with Crippen molar-refractivity contribution < 1.29 is 9.59 Å². The van der Waals surface area contributed by atoms with Gasteiger partial charge in [-0.2, -0.15) is 0 Å². The maximum absolute atomic E-state index is 12.2. The van der Waals surface area contributed by atoms with Gasteiger partial charge in [0.05, 0.1) is 6.54 Å². The number of halogens is 1. The predicted octanol–water partition coefficient (Wildman–Crippen LogP) is 3.02. The van der Waals surface area contributed by atoms with Gasteiger partial charge in [-0.25, -0.2) is 4.98 Å². The fourth-order valence-corrected chi connectivity index (χ4v) is 3.24. The van der Waals surface area contributed by atoms with Crippen molar-refractivity contribution in [3.05, 3.63) is 52.3 Å². The molecule has 0 saturated heterocycles. The molecule has 0 aliphatic carbocycles.